The van der Waals surface area contributed by atoms with E-state index < -0.39 is 28.5 Å². The van der Waals surface area contributed by atoms with Crippen molar-refractivity contribution in [2.24, 2.45) is 5.14 Å². The predicted octanol–water partition coefficient (Wildman–Crippen LogP) is 1.78. The van der Waals surface area contributed by atoms with Crippen molar-refractivity contribution in [3.63, 3.8) is 0 Å². The Morgan fingerprint density at radius 3 is 2.29 bits per heavy atom. The van der Waals surface area contributed by atoms with E-state index in [1.165, 1.54) is 36.4 Å². The van der Waals surface area contributed by atoms with Crippen molar-refractivity contribution in [3.8, 4) is 0 Å². The van der Waals surface area contributed by atoms with Crippen molar-refractivity contribution >= 4 is 39.2 Å². The molecular formula is C15H13ClN2O5S. The maximum atomic E-state index is 11.8. The average Bonchev–Trinajstić information content (AvgIpc) is 2.53. The highest BCUT2D eigenvalue weighted by Gasteiger charge is 2.13. The summed E-state index contributed by atoms with van der Waals surface area (Å²) < 4.78 is 27.1. The van der Waals surface area contributed by atoms with Gasteiger partial charge in [-0.3, -0.25) is 4.79 Å². The summed E-state index contributed by atoms with van der Waals surface area (Å²) in [5.41, 5.74) is 0.491. The number of ether oxygens (including phenoxy) is 1. The minimum Gasteiger partial charge on any atom is -0.452 e. The van der Waals surface area contributed by atoms with Gasteiger partial charge in [0.1, 0.15) is 0 Å². The second-order valence-electron chi connectivity index (χ2n) is 4.67. The fourth-order valence-electron chi connectivity index (χ4n) is 1.76. The lowest BCUT2D eigenvalue weighted by Crippen LogP contribution is -2.21. The fraction of sp³-hybridized carbons (Fsp3) is 0.0667. The molecule has 3 N–H and O–H groups in total. The molecule has 0 aliphatic heterocycles. The van der Waals surface area contributed by atoms with Crippen LogP contribution in [-0.2, 0) is 19.6 Å². The second kappa shape index (κ2) is 7.43. The number of hydrogen-bond acceptors (Lipinski definition) is 5. The molecule has 0 bridgehead atoms. The molecule has 2 aromatic carbocycles. The van der Waals surface area contributed by atoms with Crippen LogP contribution in [-0.4, -0.2) is 26.9 Å². The molecule has 0 heterocycles. The number of rotatable bonds is 5. The van der Waals surface area contributed by atoms with E-state index in [1.54, 1.807) is 12.1 Å². The molecular weight excluding hydrogens is 356 g/mol. The first-order chi connectivity index (χ1) is 11.3. The molecule has 1 amide bonds. The van der Waals surface area contributed by atoms with Gasteiger partial charge in [0.15, 0.2) is 6.61 Å². The third-order valence-corrected chi connectivity index (χ3v) is 4.15. The van der Waals surface area contributed by atoms with Crippen LogP contribution in [0, 0.1) is 0 Å². The van der Waals surface area contributed by atoms with Gasteiger partial charge >= 0.3 is 5.97 Å². The van der Waals surface area contributed by atoms with Gasteiger partial charge in [-0.25, -0.2) is 18.4 Å². The molecule has 24 heavy (non-hydrogen) atoms. The van der Waals surface area contributed by atoms with E-state index >= 15 is 0 Å². The highest BCUT2D eigenvalue weighted by Crippen LogP contribution is 2.16. The molecule has 2 aromatic rings. The van der Waals surface area contributed by atoms with E-state index in [-0.39, 0.29) is 15.5 Å². The monoisotopic (exact) mass is 368 g/mol. The lowest BCUT2D eigenvalue weighted by Gasteiger charge is -2.08. The smallest absolute Gasteiger partial charge is 0.340 e. The van der Waals surface area contributed by atoms with E-state index in [2.05, 4.69) is 5.32 Å². The number of carbonyl (C=O) groups excluding carboxylic acids is 2. The molecule has 0 aliphatic rings. The summed E-state index contributed by atoms with van der Waals surface area (Å²) in [5, 5.41) is 7.65. The van der Waals surface area contributed by atoms with Crippen LogP contribution in [0.5, 0.6) is 0 Å². The summed E-state index contributed by atoms with van der Waals surface area (Å²) in [6, 6.07) is 11.5. The van der Waals surface area contributed by atoms with Crippen LogP contribution >= 0.6 is 11.6 Å². The Labute approximate surface area is 143 Å². The number of nitrogens with two attached hydrogens (primary N) is 1. The average molecular weight is 369 g/mol. The predicted molar refractivity (Wildman–Crippen MR) is 88.2 cm³/mol. The Hall–Kier alpha value is -2.42. The van der Waals surface area contributed by atoms with Gasteiger partial charge in [-0.15, -0.1) is 0 Å². The van der Waals surface area contributed by atoms with Crippen LogP contribution in [0.3, 0.4) is 0 Å². The number of nitrogens with one attached hydrogen (secondary N) is 1. The molecule has 126 valence electrons. The molecule has 0 spiro atoms. The molecule has 0 aromatic heterocycles. The van der Waals surface area contributed by atoms with Crippen molar-refractivity contribution in [2.75, 3.05) is 11.9 Å². The molecule has 0 unspecified atom stereocenters. The van der Waals surface area contributed by atoms with Gasteiger partial charge in [0.2, 0.25) is 10.0 Å². The summed E-state index contributed by atoms with van der Waals surface area (Å²) in [5.74, 6) is -1.31. The lowest BCUT2D eigenvalue weighted by molar-refractivity contribution is -0.119. The SMILES string of the molecule is NS(=O)(=O)c1ccc(NC(=O)COC(=O)c2ccccc2Cl)cc1. The third kappa shape index (κ3) is 4.79. The molecule has 2 rings (SSSR count). The summed E-state index contributed by atoms with van der Waals surface area (Å²) in [6.45, 7) is -0.513. The van der Waals surface area contributed by atoms with Crippen molar-refractivity contribution in [1.82, 2.24) is 0 Å². The van der Waals surface area contributed by atoms with E-state index in [1.807, 2.05) is 0 Å². The molecule has 9 heteroatoms. The van der Waals surface area contributed by atoms with E-state index in [4.69, 9.17) is 21.5 Å². The topological polar surface area (TPSA) is 116 Å². The number of hydrogen-bond donors (Lipinski definition) is 2. The zero-order chi connectivity index (χ0) is 17.7. The van der Waals surface area contributed by atoms with Gasteiger partial charge in [-0.1, -0.05) is 23.7 Å². The first-order valence-corrected chi connectivity index (χ1v) is 8.54. The van der Waals surface area contributed by atoms with Gasteiger partial charge in [-0.05, 0) is 36.4 Å². The second-order valence-corrected chi connectivity index (χ2v) is 6.64. The van der Waals surface area contributed by atoms with E-state index in [0.717, 1.165) is 0 Å². The standard InChI is InChI=1S/C15H13ClN2O5S/c16-13-4-2-1-3-12(13)15(20)23-9-14(19)18-10-5-7-11(8-6-10)24(17,21)22/h1-8H,9H2,(H,18,19)(H2,17,21,22). The van der Waals surface area contributed by atoms with Crippen LogP contribution in [0.4, 0.5) is 5.69 Å². The lowest BCUT2D eigenvalue weighted by atomic mass is 10.2. The Balaban J connectivity index is 1.92. The van der Waals surface area contributed by atoms with Crippen molar-refractivity contribution in [1.29, 1.82) is 0 Å². The van der Waals surface area contributed by atoms with Gasteiger partial charge in [0, 0.05) is 5.69 Å². The van der Waals surface area contributed by atoms with Crippen molar-refractivity contribution in [2.45, 2.75) is 4.90 Å². The van der Waals surface area contributed by atoms with Gasteiger partial charge < -0.3 is 10.1 Å². The number of sulfonamides is 1. The zero-order valence-corrected chi connectivity index (χ0v) is 13.8. The maximum Gasteiger partial charge on any atom is 0.340 e. The molecule has 0 aliphatic carbocycles. The largest absolute Gasteiger partial charge is 0.452 e. The number of primary sulfonamides is 1. The van der Waals surface area contributed by atoms with Gasteiger partial charge in [0.05, 0.1) is 15.5 Å². The zero-order valence-electron chi connectivity index (χ0n) is 12.2. The normalized spacial score (nSPS) is 10.9. The minimum atomic E-state index is -3.80. The molecule has 0 radical (unpaired) electrons. The Morgan fingerprint density at radius 1 is 1.08 bits per heavy atom. The Kier molecular flexibility index (Phi) is 5.55. The molecule has 0 saturated carbocycles. The molecule has 0 saturated heterocycles. The number of carbonyl (C=O) groups is 2. The van der Waals surface area contributed by atoms with E-state index in [0.29, 0.717) is 5.69 Å². The van der Waals surface area contributed by atoms with E-state index in [9.17, 15) is 18.0 Å². The van der Waals surface area contributed by atoms with Crippen LogP contribution in [0.1, 0.15) is 10.4 Å². The number of anilines is 1. The first-order valence-electron chi connectivity index (χ1n) is 6.62. The number of esters is 1. The Morgan fingerprint density at radius 2 is 1.71 bits per heavy atom. The highest BCUT2D eigenvalue weighted by molar-refractivity contribution is 7.89. The van der Waals surface area contributed by atoms with Gasteiger partial charge in [0.25, 0.3) is 5.91 Å². The molecule has 7 nitrogen and oxygen atoms in total. The highest BCUT2D eigenvalue weighted by atomic mass is 35.5. The quantitative estimate of drug-likeness (QED) is 0.780. The van der Waals surface area contributed by atoms with Crippen LogP contribution in [0.2, 0.25) is 5.02 Å². The summed E-state index contributed by atoms with van der Waals surface area (Å²) in [4.78, 5) is 23.5. The van der Waals surface area contributed by atoms with Crippen molar-refractivity contribution in [3.05, 3.63) is 59.1 Å². The summed E-state index contributed by atoms with van der Waals surface area (Å²) >= 11 is 5.86. The molecule has 0 atom stereocenters. The van der Waals surface area contributed by atoms with Crippen LogP contribution < -0.4 is 10.5 Å². The minimum absolute atomic E-state index is 0.0781. The van der Waals surface area contributed by atoms with Crippen LogP contribution in [0.15, 0.2) is 53.4 Å². The van der Waals surface area contributed by atoms with Crippen molar-refractivity contribution < 1.29 is 22.7 Å². The van der Waals surface area contributed by atoms with Crippen LogP contribution in [0.25, 0.3) is 0 Å². The number of halogens is 1. The number of amides is 1. The summed E-state index contributed by atoms with van der Waals surface area (Å²) in [6.07, 6.45) is 0. The summed E-state index contributed by atoms with van der Waals surface area (Å²) in [7, 11) is -3.80. The fourth-order valence-corrected chi connectivity index (χ4v) is 2.49. The third-order valence-electron chi connectivity index (χ3n) is 2.89. The first kappa shape index (κ1) is 17.9. The maximum absolute atomic E-state index is 11.8. The Bertz CT molecular complexity index is 866. The molecule has 0 fully saturated rings. The van der Waals surface area contributed by atoms with Gasteiger partial charge in [-0.2, -0.15) is 0 Å². The number of benzene rings is 2.